The van der Waals surface area contributed by atoms with Crippen LogP contribution in [0.4, 0.5) is 5.69 Å². The van der Waals surface area contributed by atoms with Crippen LogP contribution in [0.15, 0.2) is 35.7 Å². The Morgan fingerprint density at radius 1 is 1.42 bits per heavy atom. The summed E-state index contributed by atoms with van der Waals surface area (Å²) in [5.74, 6) is 0.175. The summed E-state index contributed by atoms with van der Waals surface area (Å²) in [5, 5.41) is 11.3. The molecular formula is C11H9N7O. The third kappa shape index (κ3) is 1.54. The average molecular weight is 255 g/mol. The molecule has 0 radical (unpaired) electrons. The third-order valence-electron chi connectivity index (χ3n) is 3.06. The first-order chi connectivity index (χ1) is 9.24. The SMILES string of the molecule is CN1C(=O)C(N=[N+]=[N-])n2cnnc2-c2ccccc21. The van der Waals surface area contributed by atoms with Crippen LogP contribution in [0.1, 0.15) is 6.17 Å². The van der Waals surface area contributed by atoms with E-state index in [1.807, 2.05) is 24.3 Å². The van der Waals surface area contributed by atoms with Gasteiger partial charge in [-0.25, -0.2) is 0 Å². The summed E-state index contributed by atoms with van der Waals surface area (Å²) in [7, 11) is 1.64. The molecule has 0 saturated carbocycles. The van der Waals surface area contributed by atoms with Crippen LogP contribution in [-0.4, -0.2) is 27.7 Å². The third-order valence-corrected chi connectivity index (χ3v) is 3.06. The maximum atomic E-state index is 12.3. The van der Waals surface area contributed by atoms with Gasteiger partial charge in [0.15, 0.2) is 12.0 Å². The number of anilines is 1. The second kappa shape index (κ2) is 4.11. The maximum Gasteiger partial charge on any atom is 0.256 e. The van der Waals surface area contributed by atoms with E-state index in [0.29, 0.717) is 11.5 Å². The first-order valence-corrected chi connectivity index (χ1v) is 5.54. The number of hydrogen-bond acceptors (Lipinski definition) is 4. The Morgan fingerprint density at radius 2 is 2.21 bits per heavy atom. The number of aromatic nitrogens is 3. The molecule has 0 bridgehead atoms. The number of likely N-dealkylation sites (N-methyl/N-ethyl adjacent to an activating group) is 1. The summed E-state index contributed by atoms with van der Waals surface area (Å²) in [6.07, 6.45) is 0.384. The van der Waals surface area contributed by atoms with Gasteiger partial charge in [-0.1, -0.05) is 17.2 Å². The lowest BCUT2D eigenvalue weighted by Crippen LogP contribution is -2.31. The van der Waals surface area contributed by atoms with Crippen LogP contribution >= 0.6 is 0 Å². The predicted octanol–water partition coefficient (Wildman–Crippen LogP) is 1.73. The van der Waals surface area contributed by atoms with E-state index in [1.54, 1.807) is 7.05 Å². The summed E-state index contributed by atoms with van der Waals surface area (Å²) >= 11 is 0. The zero-order valence-electron chi connectivity index (χ0n) is 10.0. The van der Waals surface area contributed by atoms with Crippen LogP contribution in [0.5, 0.6) is 0 Å². The Bertz CT molecular complexity index is 701. The molecule has 8 nitrogen and oxygen atoms in total. The van der Waals surface area contributed by atoms with Gasteiger partial charge < -0.3 is 4.90 Å². The van der Waals surface area contributed by atoms with Crippen molar-refractivity contribution in [3.05, 3.63) is 41.0 Å². The maximum absolute atomic E-state index is 12.3. The number of azide groups is 1. The van der Waals surface area contributed by atoms with Gasteiger partial charge in [0.1, 0.15) is 6.33 Å². The van der Waals surface area contributed by atoms with E-state index in [2.05, 4.69) is 20.2 Å². The van der Waals surface area contributed by atoms with Gasteiger partial charge in [-0.05, 0) is 17.7 Å². The molecule has 0 saturated heterocycles. The Kier molecular flexibility index (Phi) is 2.43. The summed E-state index contributed by atoms with van der Waals surface area (Å²) in [6, 6.07) is 7.34. The van der Waals surface area contributed by atoms with Gasteiger partial charge in [0.25, 0.3) is 5.91 Å². The Hall–Kier alpha value is -2.86. The molecule has 3 rings (SSSR count). The van der Waals surface area contributed by atoms with Crippen molar-refractivity contribution >= 4 is 11.6 Å². The molecule has 1 atom stereocenters. The molecule has 94 valence electrons. The second-order valence-electron chi connectivity index (χ2n) is 4.05. The Morgan fingerprint density at radius 3 is 3.00 bits per heavy atom. The zero-order valence-corrected chi connectivity index (χ0v) is 10.0. The quantitative estimate of drug-likeness (QED) is 0.440. The van der Waals surface area contributed by atoms with Crippen LogP contribution in [-0.2, 0) is 4.79 Å². The normalized spacial score (nSPS) is 17.2. The number of nitrogens with zero attached hydrogens (tertiary/aromatic N) is 7. The molecule has 0 spiro atoms. The van der Waals surface area contributed by atoms with Gasteiger partial charge in [0.05, 0.1) is 5.69 Å². The smallest absolute Gasteiger partial charge is 0.256 e. The van der Waals surface area contributed by atoms with E-state index in [-0.39, 0.29) is 5.91 Å². The molecule has 0 fully saturated rings. The average Bonchev–Trinajstić information content (AvgIpc) is 2.89. The number of benzene rings is 1. The number of carbonyl (C=O) groups is 1. The molecule has 19 heavy (non-hydrogen) atoms. The summed E-state index contributed by atoms with van der Waals surface area (Å²) in [5.41, 5.74) is 10.1. The van der Waals surface area contributed by atoms with Crippen molar-refractivity contribution in [3.8, 4) is 11.4 Å². The Labute approximate surface area is 107 Å². The van der Waals surface area contributed by atoms with Gasteiger partial charge >= 0.3 is 0 Å². The van der Waals surface area contributed by atoms with Crippen molar-refractivity contribution in [2.24, 2.45) is 5.11 Å². The van der Waals surface area contributed by atoms with Crippen LogP contribution in [0.2, 0.25) is 0 Å². The molecular weight excluding hydrogens is 246 g/mol. The first-order valence-electron chi connectivity index (χ1n) is 5.54. The van der Waals surface area contributed by atoms with E-state index in [9.17, 15) is 4.79 Å². The molecule has 0 N–H and O–H groups in total. The summed E-state index contributed by atoms with van der Waals surface area (Å²) in [4.78, 5) is 16.5. The van der Waals surface area contributed by atoms with Gasteiger partial charge in [-0.15, -0.1) is 10.2 Å². The zero-order chi connectivity index (χ0) is 13.4. The number of hydrogen-bond donors (Lipinski definition) is 0. The largest absolute Gasteiger partial charge is 0.313 e. The van der Waals surface area contributed by atoms with E-state index in [0.717, 1.165) is 5.56 Å². The van der Waals surface area contributed by atoms with Gasteiger partial charge in [0, 0.05) is 17.5 Å². The minimum atomic E-state index is -1.01. The molecule has 0 aliphatic carbocycles. The van der Waals surface area contributed by atoms with Crippen molar-refractivity contribution in [2.75, 3.05) is 11.9 Å². The number of rotatable bonds is 1. The lowest BCUT2D eigenvalue weighted by Gasteiger charge is -2.19. The highest BCUT2D eigenvalue weighted by Crippen LogP contribution is 2.35. The van der Waals surface area contributed by atoms with Crippen LogP contribution in [0.25, 0.3) is 21.8 Å². The minimum absolute atomic E-state index is 0.330. The van der Waals surface area contributed by atoms with Crippen LogP contribution < -0.4 is 4.90 Å². The number of amides is 1. The first kappa shape index (κ1) is 11.2. The van der Waals surface area contributed by atoms with Crippen molar-refractivity contribution in [1.82, 2.24) is 14.8 Å². The highest BCUT2D eigenvalue weighted by molar-refractivity contribution is 6.00. The highest BCUT2D eigenvalue weighted by Gasteiger charge is 2.31. The molecule has 2 aromatic rings. The summed E-state index contributed by atoms with van der Waals surface area (Å²) < 4.78 is 1.48. The summed E-state index contributed by atoms with van der Waals surface area (Å²) in [6.45, 7) is 0. The van der Waals surface area contributed by atoms with Crippen molar-refractivity contribution in [1.29, 1.82) is 0 Å². The molecule has 1 aliphatic heterocycles. The fourth-order valence-corrected chi connectivity index (χ4v) is 2.13. The number of fused-ring (bicyclic) bond motifs is 3. The fourth-order valence-electron chi connectivity index (χ4n) is 2.13. The van der Waals surface area contributed by atoms with Gasteiger partial charge in [-0.2, -0.15) is 0 Å². The van der Waals surface area contributed by atoms with Crippen molar-refractivity contribution in [2.45, 2.75) is 6.17 Å². The number of carbonyl (C=O) groups excluding carboxylic acids is 1. The van der Waals surface area contributed by atoms with Crippen LogP contribution in [0, 0.1) is 0 Å². The van der Waals surface area contributed by atoms with Gasteiger partial charge in [-0.3, -0.25) is 9.36 Å². The van der Waals surface area contributed by atoms with Crippen molar-refractivity contribution in [3.63, 3.8) is 0 Å². The molecule has 1 amide bonds. The monoisotopic (exact) mass is 255 g/mol. The molecule has 2 heterocycles. The van der Waals surface area contributed by atoms with E-state index in [1.165, 1.54) is 15.8 Å². The van der Waals surface area contributed by atoms with E-state index < -0.39 is 6.17 Å². The number of para-hydroxylation sites is 1. The van der Waals surface area contributed by atoms with Crippen molar-refractivity contribution < 1.29 is 4.79 Å². The lowest BCUT2D eigenvalue weighted by atomic mass is 10.1. The highest BCUT2D eigenvalue weighted by atomic mass is 16.2. The Balaban J connectivity index is 2.32. The molecule has 1 aromatic carbocycles. The van der Waals surface area contributed by atoms with E-state index in [4.69, 9.17) is 5.53 Å². The minimum Gasteiger partial charge on any atom is -0.313 e. The van der Waals surface area contributed by atoms with E-state index >= 15 is 0 Å². The standard InChI is InChI=1S/C11H9N7O/c1-17-8-5-3-2-4-7(8)9-14-13-6-18(9)10(11(17)19)15-16-12/h2-6,10H,1H3. The second-order valence-corrected chi connectivity index (χ2v) is 4.05. The van der Waals surface area contributed by atoms with Gasteiger partial charge in [0.2, 0.25) is 0 Å². The molecule has 1 aromatic heterocycles. The lowest BCUT2D eigenvalue weighted by molar-refractivity contribution is -0.121. The topological polar surface area (TPSA) is 99.8 Å². The fraction of sp³-hybridized carbons (Fsp3) is 0.182. The van der Waals surface area contributed by atoms with Crippen LogP contribution in [0.3, 0.4) is 0 Å². The predicted molar refractivity (Wildman–Crippen MR) is 67.1 cm³/mol. The molecule has 1 unspecified atom stereocenters. The molecule has 1 aliphatic rings. The molecule has 8 heteroatoms.